The van der Waals surface area contributed by atoms with E-state index in [1.807, 2.05) is 0 Å². The Labute approximate surface area is 166 Å². The van der Waals surface area contributed by atoms with Crippen LogP contribution in [0.15, 0.2) is 60.7 Å². The van der Waals surface area contributed by atoms with Gasteiger partial charge in [0.1, 0.15) is 12.7 Å². The zero-order valence-corrected chi connectivity index (χ0v) is 15.5. The van der Waals surface area contributed by atoms with Gasteiger partial charge in [0.25, 0.3) is 0 Å². The molecule has 0 amide bonds. The molecule has 2 aromatic rings. The summed E-state index contributed by atoms with van der Waals surface area (Å²) in [7, 11) is 0. The summed E-state index contributed by atoms with van der Waals surface area (Å²) in [6.07, 6.45) is -6.07. The summed E-state index contributed by atoms with van der Waals surface area (Å²) in [5, 5.41) is 0. The van der Waals surface area contributed by atoms with E-state index in [-0.39, 0.29) is 5.56 Å². The van der Waals surface area contributed by atoms with Gasteiger partial charge in [-0.25, -0.2) is 14.0 Å². The third kappa shape index (κ3) is 5.17. The van der Waals surface area contributed by atoms with Gasteiger partial charge in [-0.15, -0.1) is 0 Å². The highest BCUT2D eigenvalue weighted by Crippen LogP contribution is 2.29. The number of hydrogen-bond acceptors (Lipinski definition) is 7. The van der Waals surface area contributed by atoms with E-state index < -0.39 is 49.2 Å². The van der Waals surface area contributed by atoms with Gasteiger partial charge in [0.2, 0.25) is 6.29 Å². The third-order valence-electron chi connectivity index (χ3n) is 4.17. The smallest absolute Gasteiger partial charge is 0.338 e. The van der Waals surface area contributed by atoms with E-state index in [1.165, 1.54) is 12.1 Å². The maximum atomic E-state index is 14.9. The molecule has 152 valence electrons. The molecule has 1 aliphatic heterocycles. The minimum absolute atomic E-state index is 0.209. The molecule has 0 N–H and O–H groups in total. The third-order valence-corrected chi connectivity index (χ3v) is 4.17. The Kier molecular flexibility index (Phi) is 6.56. The largest absolute Gasteiger partial charge is 0.459 e. The van der Waals surface area contributed by atoms with Crippen molar-refractivity contribution < 1.29 is 37.7 Å². The van der Waals surface area contributed by atoms with Crippen molar-refractivity contribution in [1.82, 2.24) is 0 Å². The van der Waals surface area contributed by atoms with E-state index in [0.29, 0.717) is 5.56 Å². The Balaban J connectivity index is 1.66. The van der Waals surface area contributed by atoms with Crippen molar-refractivity contribution >= 4 is 17.9 Å². The first-order valence-electron chi connectivity index (χ1n) is 8.90. The van der Waals surface area contributed by atoms with Gasteiger partial charge in [-0.3, -0.25) is 4.79 Å². The van der Waals surface area contributed by atoms with Crippen LogP contribution in [-0.2, 0) is 23.7 Å². The number of hydrogen-bond donors (Lipinski definition) is 0. The molecule has 1 heterocycles. The van der Waals surface area contributed by atoms with Crippen LogP contribution in [0.4, 0.5) is 4.39 Å². The number of carbonyl (C=O) groups is 3. The van der Waals surface area contributed by atoms with Crippen molar-refractivity contribution in [3.05, 3.63) is 71.8 Å². The molecule has 4 unspecified atom stereocenters. The Bertz CT molecular complexity index is 856. The molecule has 8 heteroatoms. The number of carbonyl (C=O) groups excluding carboxylic acids is 3. The fourth-order valence-electron chi connectivity index (χ4n) is 2.78. The summed E-state index contributed by atoms with van der Waals surface area (Å²) < 4.78 is 35.5. The Hall–Kier alpha value is -3.26. The summed E-state index contributed by atoms with van der Waals surface area (Å²) in [4.78, 5) is 35.6. The van der Waals surface area contributed by atoms with Gasteiger partial charge in [-0.1, -0.05) is 36.4 Å². The molecule has 7 nitrogen and oxygen atoms in total. The highest BCUT2D eigenvalue weighted by atomic mass is 19.1. The average molecular weight is 402 g/mol. The molecular weight excluding hydrogens is 383 g/mol. The molecular formula is C21H19FO7. The summed E-state index contributed by atoms with van der Waals surface area (Å²) in [6.45, 7) is 0.682. The lowest BCUT2D eigenvalue weighted by Gasteiger charge is -2.19. The molecule has 0 bridgehead atoms. The zero-order chi connectivity index (χ0) is 20.8. The Morgan fingerprint density at radius 1 is 0.897 bits per heavy atom. The number of alkyl halides is 1. The normalized spacial score (nSPS) is 23.2. The minimum atomic E-state index is -1.87. The summed E-state index contributed by atoms with van der Waals surface area (Å²) in [6, 6.07) is 16.2. The average Bonchev–Trinajstić information content (AvgIpc) is 3.01. The van der Waals surface area contributed by atoms with Crippen LogP contribution in [0.3, 0.4) is 0 Å². The molecule has 0 aliphatic carbocycles. The molecule has 3 rings (SSSR count). The first-order chi connectivity index (χ1) is 14.0. The van der Waals surface area contributed by atoms with E-state index in [2.05, 4.69) is 0 Å². The molecule has 1 saturated heterocycles. The number of benzene rings is 2. The van der Waals surface area contributed by atoms with Crippen molar-refractivity contribution in [1.29, 1.82) is 0 Å². The maximum Gasteiger partial charge on any atom is 0.338 e. The fraction of sp³-hybridized carbons (Fsp3) is 0.286. The van der Waals surface area contributed by atoms with E-state index in [9.17, 15) is 18.8 Å². The maximum absolute atomic E-state index is 14.9. The van der Waals surface area contributed by atoms with E-state index >= 15 is 0 Å². The van der Waals surface area contributed by atoms with Gasteiger partial charge >= 0.3 is 17.9 Å². The number of ether oxygens (including phenoxy) is 4. The van der Waals surface area contributed by atoms with Crippen LogP contribution in [0, 0.1) is 0 Å². The van der Waals surface area contributed by atoms with E-state index in [4.69, 9.17) is 18.9 Å². The van der Waals surface area contributed by atoms with Crippen LogP contribution in [0.1, 0.15) is 27.6 Å². The van der Waals surface area contributed by atoms with E-state index in [0.717, 1.165) is 6.92 Å². The number of esters is 3. The van der Waals surface area contributed by atoms with Crippen LogP contribution in [0.25, 0.3) is 0 Å². The lowest BCUT2D eigenvalue weighted by Crippen LogP contribution is -2.37. The van der Waals surface area contributed by atoms with Gasteiger partial charge in [-0.2, -0.15) is 0 Å². The highest BCUT2D eigenvalue weighted by Gasteiger charge is 2.50. The Morgan fingerprint density at radius 2 is 1.45 bits per heavy atom. The van der Waals surface area contributed by atoms with Crippen molar-refractivity contribution in [3.8, 4) is 0 Å². The van der Waals surface area contributed by atoms with Crippen molar-refractivity contribution in [2.75, 3.05) is 6.61 Å². The summed E-state index contributed by atoms with van der Waals surface area (Å²) in [5.41, 5.74) is 0.504. The molecule has 0 spiro atoms. The molecule has 2 aromatic carbocycles. The van der Waals surface area contributed by atoms with Crippen LogP contribution in [0.2, 0.25) is 0 Å². The topological polar surface area (TPSA) is 88.1 Å². The number of rotatable bonds is 6. The van der Waals surface area contributed by atoms with Gasteiger partial charge in [0, 0.05) is 6.92 Å². The molecule has 1 aliphatic rings. The minimum Gasteiger partial charge on any atom is -0.459 e. The second-order valence-corrected chi connectivity index (χ2v) is 6.30. The van der Waals surface area contributed by atoms with Crippen molar-refractivity contribution in [3.63, 3.8) is 0 Å². The van der Waals surface area contributed by atoms with Crippen LogP contribution in [-0.4, -0.2) is 49.2 Å². The lowest BCUT2D eigenvalue weighted by atomic mass is 10.1. The highest BCUT2D eigenvalue weighted by molar-refractivity contribution is 5.90. The quantitative estimate of drug-likeness (QED) is 0.542. The molecule has 0 aromatic heterocycles. The molecule has 4 atom stereocenters. The number of halogens is 1. The van der Waals surface area contributed by atoms with Gasteiger partial charge in [0.05, 0.1) is 11.1 Å². The standard InChI is InChI=1S/C21H19FO7/c1-13(23)27-21-18(29-20(25)15-10-6-3-7-11-15)17(22)16(28-21)12-26-19(24)14-8-4-2-5-9-14/h2-11,16-18,21H,12H2,1H3. The summed E-state index contributed by atoms with van der Waals surface area (Å²) in [5.74, 6) is -2.18. The first kappa shape index (κ1) is 20.5. The molecule has 1 fully saturated rings. The van der Waals surface area contributed by atoms with Crippen LogP contribution in [0.5, 0.6) is 0 Å². The second kappa shape index (κ2) is 9.29. The van der Waals surface area contributed by atoms with Crippen LogP contribution >= 0.6 is 0 Å². The Morgan fingerprint density at radius 3 is 2.00 bits per heavy atom. The zero-order valence-electron chi connectivity index (χ0n) is 15.5. The fourth-order valence-corrected chi connectivity index (χ4v) is 2.78. The monoisotopic (exact) mass is 402 g/mol. The predicted molar refractivity (Wildman–Crippen MR) is 97.7 cm³/mol. The van der Waals surface area contributed by atoms with Gasteiger partial charge < -0.3 is 18.9 Å². The van der Waals surface area contributed by atoms with Crippen molar-refractivity contribution in [2.45, 2.75) is 31.6 Å². The second-order valence-electron chi connectivity index (χ2n) is 6.30. The first-order valence-corrected chi connectivity index (χ1v) is 8.90. The predicted octanol–water partition coefficient (Wildman–Crippen LogP) is 2.70. The SMILES string of the molecule is CC(=O)OC1OC(COC(=O)c2ccccc2)C(F)C1OC(=O)c1ccccc1. The summed E-state index contributed by atoms with van der Waals surface area (Å²) >= 11 is 0. The molecule has 29 heavy (non-hydrogen) atoms. The van der Waals surface area contributed by atoms with Crippen LogP contribution < -0.4 is 0 Å². The van der Waals surface area contributed by atoms with E-state index in [1.54, 1.807) is 48.5 Å². The molecule has 0 saturated carbocycles. The molecule has 0 radical (unpaired) electrons. The lowest BCUT2D eigenvalue weighted by molar-refractivity contribution is -0.187. The van der Waals surface area contributed by atoms with Crippen molar-refractivity contribution in [2.24, 2.45) is 0 Å². The van der Waals surface area contributed by atoms with Gasteiger partial charge in [-0.05, 0) is 24.3 Å². The van der Waals surface area contributed by atoms with Gasteiger partial charge in [0.15, 0.2) is 12.3 Å².